The van der Waals surface area contributed by atoms with Crippen LogP contribution in [0, 0.1) is 0 Å². The average Bonchev–Trinajstić information content (AvgIpc) is 2.91. The molecule has 0 bridgehead atoms. The van der Waals surface area contributed by atoms with Crippen molar-refractivity contribution in [1.29, 1.82) is 0 Å². The lowest BCUT2D eigenvalue weighted by Crippen LogP contribution is -2.12. The maximum absolute atomic E-state index is 12.2. The maximum Gasteiger partial charge on any atom is 0.255 e. The standard InChI is InChI=1S/C14H9Cl2N3O/c15-10-5-4-8(6-11(10)16)14(20)18-12-3-1-2-9-7-17-19-13(9)12/h1-7H,(H,17,19)(H,18,20). The summed E-state index contributed by atoms with van der Waals surface area (Å²) < 4.78 is 0. The number of amides is 1. The highest BCUT2D eigenvalue weighted by Gasteiger charge is 2.10. The first-order chi connectivity index (χ1) is 9.65. The van der Waals surface area contributed by atoms with E-state index in [0.717, 1.165) is 10.9 Å². The first-order valence-electron chi connectivity index (χ1n) is 5.83. The number of hydrogen-bond donors (Lipinski definition) is 2. The third kappa shape index (κ3) is 2.35. The van der Waals surface area contributed by atoms with Gasteiger partial charge in [-0.15, -0.1) is 0 Å². The van der Waals surface area contributed by atoms with E-state index in [1.165, 1.54) is 6.07 Å². The zero-order chi connectivity index (χ0) is 14.1. The van der Waals surface area contributed by atoms with Gasteiger partial charge in [0.1, 0.15) is 0 Å². The van der Waals surface area contributed by atoms with Crippen LogP contribution >= 0.6 is 23.2 Å². The number of rotatable bonds is 2. The second-order valence-electron chi connectivity index (χ2n) is 4.22. The summed E-state index contributed by atoms with van der Waals surface area (Å²) in [5.74, 6) is -0.259. The molecule has 0 aliphatic rings. The maximum atomic E-state index is 12.2. The van der Waals surface area contributed by atoms with Gasteiger partial charge in [0.15, 0.2) is 0 Å². The van der Waals surface area contributed by atoms with Gasteiger partial charge >= 0.3 is 0 Å². The van der Waals surface area contributed by atoms with Gasteiger partial charge in [-0.3, -0.25) is 9.89 Å². The molecule has 4 nitrogen and oxygen atoms in total. The summed E-state index contributed by atoms with van der Waals surface area (Å²) in [6, 6.07) is 10.3. The van der Waals surface area contributed by atoms with E-state index in [4.69, 9.17) is 23.2 Å². The summed E-state index contributed by atoms with van der Waals surface area (Å²) in [5, 5.41) is 11.3. The largest absolute Gasteiger partial charge is 0.320 e. The van der Waals surface area contributed by atoms with E-state index in [1.807, 2.05) is 12.1 Å². The Morgan fingerprint density at radius 1 is 1.15 bits per heavy atom. The van der Waals surface area contributed by atoms with Crippen LogP contribution in [0.2, 0.25) is 10.0 Å². The minimum atomic E-state index is -0.259. The lowest BCUT2D eigenvalue weighted by molar-refractivity contribution is 0.102. The van der Waals surface area contributed by atoms with Gasteiger partial charge in [0.2, 0.25) is 0 Å². The molecule has 0 aliphatic heterocycles. The van der Waals surface area contributed by atoms with E-state index < -0.39 is 0 Å². The molecule has 0 aliphatic carbocycles. The van der Waals surface area contributed by atoms with Crippen molar-refractivity contribution in [3.63, 3.8) is 0 Å². The summed E-state index contributed by atoms with van der Waals surface area (Å²) in [6.45, 7) is 0. The number of para-hydroxylation sites is 1. The number of halogens is 2. The Labute approximate surface area is 124 Å². The van der Waals surface area contributed by atoms with E-state index in [0.29, 0.717) is 21.3 Å². The number of hydrogen-bond acceptors (Lipinski definition) is 2. The lowest BCUT2D eigenvalue weighted by Gasteiger charge is -2.07. The normalized spacial score (nSPS) is 10.7. The minimum Gasteiger partial charge on any atom is -0.320 e. The second kappa shape index (κ2) is 5.15. The molecule has 1 heterocycles. The van der Waals surface area contributed by atoms with Gasteiger partial charge in [-0.2, -0.15) is 5.10 Å². The van der Waals surface area contributed by atoms with Gasteiger partial charge in [-0.1, -0.05) is 35.3 Å². The van der Waals surface area contributed by atoms with Crippen molar-refractivity contribution in [3.8, 4) is 0 Å². The smallest absolute Gasteiger partial charge is 0.255 e. The molecular weight excluding hydrogens is 297 g/mol. The number of carbonyl (C=O) groups is 1. The van der Waals surface area contributed by atoms with Gasteiger partial charge < -0.3 is 5.32 Å². The van der Waals surface area contributed by atoms with Crippen LogP contribution in [0.15, 0.2) is 42.6 Å². The van der Waals surface area contributed by atoms with Crippen LogP contribution in [-0.2, 0) is 0 Å². The average molecular weight is 306 g/mol. The number of aromatic amines is 1. The van der Waals surface area contributed by atoms with Crippen LogP contribution in [0.25, 0.3) is 10.9 Å². The van der Waals surface area contributed by atoms with Crippen molar-refractivity contribution in [2.45, 2.75) is 0 Å². The first kappa shape index (κ1) is 13.0. The van der Waals surface area contributed by atoms with E-state index >= 15 is 0 Å². The Morgan fingerprint density at radius 3 is 2.80 bits per heavy atom. The Kier molecular flexibility index (Phi) is 3.34. The number of nitrogens with one attached hydrogen (secondary N) is 2. The van der Waals surface area contributed by atoms with Gasteiger partial charge in [-0.25, -0.2) is 0 Å². The molecule has 0 saturated carbocycles. The summed E-state index contributed by atoms with van der Waals surface area (Å²) in [7, 11) is 0. The van der Waals surface area contributed by atoms with Crippen LogP contribution < -0.4 is 5.32 Å². The number of aromatic nitrogens is 2. The third-order valence-electron chi connectivity index (χ3n) is 2.91. The van der Waals surface area contributed by atoms with Crippen molar-refractivity contribution < 1.29 is 4.79 Å². The molecule has 0 atom stereocenters. The van der Waals surface area contributed by atoms with E-state index in [-0.39, 0.29) is 5.91 Å². The quantitative estimate of drug-likeness (QED) is 0.748. The van der Waals surface area contributed by atoms with Crippen LogP contribution in [0.1, 0.15) is 10.4 Å². The predicted octanol–water partition coefficient (Wildman–Crippen LogP) is 4.12. The number of carbonyl (C=O) groups excluding carboxylic acids is 1. The molecule has 100 valence electrons. The molecule has 3 aromatic rings. The third-order valence-corrected chi connectivity index (χ3v) is 3.65. The summed E-state index contributed by atoms with van der Waals surface area (Å²) in [6.07, 6.45) is 1.70. The Balaban J connectivity index is 1.92. The topological polar surface area (TPSA) is 57.8 Å². The molecule has 2 N–H and O–H groups in total. The molecule has 0 saturated heterocycles. The monoisotopic (exact) mass is 305 g/mol. The Morgan fingerprint density at radius 2 is 2.00 bits per heavy atom. The summed E-state index contributed by atoms with van der Waals surface area (Å²) in [4.78, 5) is 12.2. The Bertz CT molecular complexity index is 798. The minimum absolute atomic E-state index is 0.259. The van der Waals surface area contributed by atoms with Crippen LogP contribution in [0.4, 0.5) is 5.69 Å². The van der Waals surface area contributed by atoms with Crippen LogP contribution in [0.3, 0.4) is 0 Å². The fourth-order valence-electron chi connectivity index (χ4n) is 1.90. The van der Waals surface area contributed by atoms with Crippen molar-refractivity contribution in [2.24, 2.45) is 0 Å². The zero-order valence-electron chi connectivity index (χ0n) is 10.2. The molecule has 3 rings (SSSR count). The van der Waals surface area contributed by atoms with Gasteiger partial charge in [0.25, 0.3) is 5.91 Å². The van der Waals surface area contributed by atoms with Gasteiger partial charge in [-0.05, 0) is 24.3 Å². The molecule has 1 amide bonds. The lowest BCUT2D eigenvalue weighted by atomic mass is 10.2. The molecule has 2 aromatic carbocycles. The number of benzene rings is 2. The van der Waals surface area contributed by atoms with E-state index in [2.05, 4.69) is 15.5 Å². The van der Waals surface area contributed by atoms with Crippen molar-refractivity contribution in [1.82, 2.24) is 10.2 Å². The molecule has 0 spiro atoms. The molecule has 20 heavy (non-hydrogen) atoms. The summed E-state index contributed by atoms with van der Waals surface area (Å²) >= 11 is 11.7. The number of H-pyrrole nitrogens is 1. The van der Waals surface area contributed by atoms with Crippen molar-refractivity contribution in [3.05, 3.63) is 58.2 Å². The fraction of sp³-hybridized carbons (Fsp3) is 0. The first-order valence-corrected chi connectivity index (χ1v) is 6.59. The van der Waals surface area contributed by atoms with E-state index in [9.17, 15) is 4.79 Å². The molecule has 1 aromatic heterocycles. The molecule has 0 unspecified atom stereocenters. The number of anilines is 1. The highest BCUT2D eigenvalue weighted by molar-refractivity contribution is 6.42. The van der Waals surface area contributed by atoms with Crippen molar-refractivity contribution >= 4 is 45.7 Å². The predicted molar refractivity (Wildman–Crippen MR) is 80.5 cm³/mol. The molecule has 0 fully saturated rings. The van der Waals surface area contributed by atoms with Gasteiger partial charge in [0.05, 0.1) is 27.4 Å². The van der Waals surface area contributed by atoms with Gasteiger partial charge in [0, 0.05) is 10.9 Å². The zero-order valence-corrected chi connectivity index (χ0v) is 11.7. The highest BCUT2D eigenvalue weighted by Crippen LogP contribution is 2.24. The fourth-order valence-corrected chi connectivity index (χ4v) is 2.20. The highest BCUT2D eigenvalue weighted by atomic mass is 35.5. The Hall–Kier alpha value is -2.04. The molecular formula is C14H9Cl2N3O. The molecule has 0 radical (unpaired) electrons. The second-order valence-corrected chi connectivity index (χ2v) is 5.04. The summed E-state index contributed by atoms with van der Waals surface area (Å²) in [5.41, 5.74) is 1.88. The molecule has 6 heteroatoms. The number of nitrogens with zero attached hydrogens (tertiary/aromatic N) is 1. The van der Waals surface area contributed by atoms with Crippen molar-refractivity contribution in [2.75, 3.05) is 5.32 Å². The SMILES string of the molecule is O=C(Nc1cccc2cn[nH]c12)c1ccc(Cl)c(Cl)c1. The van der Waals surface area contributed by atoms with Crippen LogP contribution in [-0.4, -0.2) is 16.1 Å². The van der Waals surface area contributed by atoms with E-state index in [1.54, 1.807) is 24.4 Å². The number of fused-ring (bicyclic) bond motifs is 1. The van der Waals surface area contributed by atoms with Crippen LogP contribution in [0.5, 0.6) is 0 Å².